The normalized spacial score (nSPS) is 25.5. The molecule has 106 valence electrons. The van der Waals surface area contributed by atoms with Crippen LogP contribution in [0.15, 0.2) is 24.3 Å². The molecule has 0 aliphatic carbocycles. The molecule has 1 atom stereocenters. The van der Waals surface area contributed by atoms with Crippen molar-refractivity contribution in [1.82, 2.24) is 4.90 Å². The number of hydrogen-bond donors (Lipinski definition) is 1. The topological polar surface area (TPSA) is 23.5 Å². The van der Waals surface area contributed by atoms with Gasteiger partial charge in [0.15, 0.2) is 0 Å². The van der Waals surface area contributed by atoms with E-state index in [9.17, 15) is 5.11 Å². The molecular formula is C17H27NO. The molecule has 0 saturated carbocycles. The molecule has 1 aliphatic heterocycles. The molecule has 1 saturated heterocycles. The van der Waals surface area contributed by atoms with Crippen LogP contribution in [0.1, 0.15) is 44.2 Å². The highest BCUT2D eigenvalue weighted by Gasteiger charge is 2.31. The summed E-state index contributed by atoms with van der Waals surface area (Å²) in [6, 6.07) is 8.58. The van der Waals surface area contributed by atoms with Crippen LogP contribution < -0.4 is 0 Å². The Hall–Kier alpha value is -0.860. The van der Waals surface area contributed by atoms with Gasteiger partial charge in [0.05, 0.1) is 5.60 Å². The van der Waals surface area contributed by atoms with Crippen LogP contribution in [0.25, 0.3) is 0 Å². The van der Waals surface area contributed by atoms with Crippen LogP contribution in [-0.2, 0) is 12.0 Å². The molecule has 0 spiro atoms. The third-order valence-electron chi connectivity index (χ3n) is 4.15. The number of nitrogens with zero attached hydrogens (tertiary/aromatic N) is 1. The standard InChI is InChI=1S/C17H27NO/c1-14(2)12-15-6-4-7-16(13-15)17(19)8-5-10-18(3)11-9-17/h4,6-7,13-14,19H,5,8-12H2,1-3H3. The largest absolute Gasteiger partial charge is 0.385 e. The highest BCUT2D eigenvalue weighted by molar-refractivity contribution is 5.29. The zero-order valence-electron chi connectivity index (χ0n) is 12.5. The first-order valence-electron chi connectivity index (χ1n) is 7.50. The van der Waals surface area contributed by atoms with Crippen LogP contribution in [0.2, 0.25) is 0 Å². The second-order valence-corrected chi connectivity index (χ2v) is 6.49. The molecule has 0 aromatic heterocycles. The van der Waals surface area contributed by atoms with E-state index in [1.807, 2.05) is 0 Å². The monoisotopic (exact) mass is 261 g/mol. The van der Waals surface area contributed by atoms with Crippen molar-refractivity contribution >= 4 is 0 Å². The molecule has 2 nitrogen and oxygen atoms in total. The van der Waals surface area contributed by atoms with E-state index in [0.29, 0.717) is 5.92 Å². The predicted octanol–water partition coefficient (Wildman–Crippen LogP) is 3.19. The van der Waals surface area contributed by atoms with E-state index in [2.05, 4.69) is 50.1 Å². The van der Waals surface area contributed by atoms with Crippen molar-refractivity contribution in [3.63, 3.8) is 0 Å². The molecular weight excluding hydrogens is 234 g/mol. The Kier molecular flexibility index (Phi) is 4.64. The van der Waals surface area contributed by atoms with Crippen LogP contribution in [0, 0.1) is 5.92 Å². The van der Waals surface area contributed by atoms with Gasteiger partial charge in [0.25, 0.3) is 0 Å². The second kappa shape index (κ2) is 6.06. The Morgan fingerprint density at radius 3 is 2.79 bits per heavy atom. The Morgan fingerprint density at radius 1 is 1.26 bits per heavy atom. The number of likely N-dealkylation sites (tertiary alicyclic amines) is 1. The third-order valence-corrected chi connectivity index (χ3v) is 4.15. The van der Waals surface area contributed by atoms with Crippen LogP contribution in [0.5, 0.6) is 0 Å². The van der Waals surface area contributed by atoms with Crippen molar-refractivity contribution in [2.24, 2.45) is 5.92 Å². The van der Waals surface area contributed by atoms with Crippen LogP contribution in [-0.4, -0.2) is 30.1 Å². The van der Waals surface area contributed by atoms with Gasteiger partial charge < -0.3 is 10.0 Å². The minimum Gasteiger partial charge on any atom is -0.385 e. The van der Waals surface area contributed by atoms with Crippen molar-refractivity contribution in [1.29, 1.82) is 0 Å². The molecule has 2 rings (SSSR count). The molecule has 1 unspecified atom stereocenters. The summed E-state index contributed by atoms with van der Waals surface area (Å²) in [5, 5.41) is 11.0. The van der Waals surface area contributed by atoms with Gasteiger partial charge in [-0.25, -0.2) is 0 Å². The Bertz CT molecular complexity index is 415. The molecule has 19 heavy (non-hydrogen) atoms. The van der Waals surface area contributed by atoms with Crippen molar-refractivity contribution < 1.29 is 5.11 Å². The molecule has 1 N–H and O–H groups in total. The molecule has 0 radical (unpaired) electrons. The first-order valence-corrected chi connectivity index (χ1v) is 7.50. The van der Waals surface area contributed by atoms with E-state index in [0.717, 1.165) is 44.3 Å². The predicted molar refractivity (Wildman–Crippen MR) is 80.2 cm³/mol. The maximum atomic E-state index is 11.0. The van der Waals surface area contributed by atoms with Crippen LogP contribution >= 0.6 is 0 Å². The van der Waals surface area contributed by atoms with Gasteiger partial charge in [-0.1, -0.05) is 38.1 Å². The zero-order valence-corrected chi connectivity index (χ0v) is 12.5. The smallest absolute Gasteiger partial charge is 0.0909 e. The van der Waals surface area contributed by atoms with Gasteiger partial charge in [-0.15, -0.1) is 0 Å². The van der Waals surface area contributed by atoms with Gasteiger partial charge in [0, 0.05) is 6.54 Å². The molecule has 2 heteroatoms. The van der Waals surface area contributed by atoms with Gasteiger partial charge in [-0.2, -0.15) is 0 Å². The Balaban J connectivity index is 2.19. The molecule has 1 aromatic rings. The summed E-state index contributed by atoms with van der Waals surface area (Å²) in [6.07, 6.45) is 3.88. The maximum absolute atomic E-state index is 11.0. The van der Waals surface area contributed by atoms with Crippen molar-refractivity contribution in [3.8, 4) is 0 Å². The highest BCUT2D eigenvalue weighted by Crippen LogP contribution is 2.33. The minimum absolute atomic E-state index is 0.627. The van der Waals surface area contributed by atoms with Gasteiger partial charge in [-0.3, -0.25) is 0 Å². The Morgan fingerprint density at radius 2 is 2.05 bits per heavy atom. The van der Waals surface area contributed by atoms with Crippen molar-refractivity contribution in [2.75, 3.05) is 20.1 Å². The fourth-order valence-corrected chi connectivity index (χ4v) is 3.00. The maximum Gasteiger partial charge on any atom is 0.0909 e. The quantitative estimate of drug-likeness (QED) is 0.903. The summed E-state index contributed by atoms with van der Waals surface area (Å²) in [4.78, 5) is 2.32. The summed E-state index contributed by atoms with van der Waals surface area (Å²) >= 11 is 0. The van der Waals surface area contributed by atoms with Crippen LogP contribution in [0.3, 0.4) is 0 Å². The van der Waals surface area contributed by atoms with Crippen molar-refractivity contribution in [2.45, 2.75) is 45.1 Å². The van der Waals surface area contributed by atoms with E-state index in [4.69, 9.17) is 0 Å². The van der Waals surface area contributed by atoms with Crippen molar-refractivity contribution in [3.05, 3.63) is 35.4 Å². The fraction of sp³-hybridized carbons (Fsp3) is 0.647. The van der Waals surface area contributed by atoms with E-state index in [-0.39, 0.29) is 0 Å². The summed E-state index contributed by atoms with van der Waals surface area (Å²) in [5.41, 5.74) is 1.83. The minimum atomic E-state index is -0.627. The lowest BCUT2D eigenvalue weighted by Crippen LogP contribution is -2.27. The van der Waals surface area contributed by atoms with E-state index < -0.39 is 5.60 Å². The summed E-state index contributed by atoms with van der Waals surface area (Å²) in [7, 11) is 2.14. The third kappa shape index (κ3) is 3.80. The number of benzene rings is 1. The average Bonchev–Trinajstić information content (AvgIpc) is 2.52. The average molecular weight is 261 g/mol. The number of aliphatic hydroxyl groups is 1. The van der Waals surface area contributed by atoms with E-state index in [1.165, 1.54) is 5.56 Å². The van der Waals surface area contributed by atoms with Gasteiger partial charge in [-0.05, 0) is 56.3 Å². The van der Waals surface area contributed by atoms with E-state index in [1.54, 1.807) is 0 Å². The summed E-state index contributed by atoms with van der Waals surface area (Å²) < 4.78 is 0. The first-order chi connectivity index (χ1) is 8.99. The summed E-state index contributed by atoms with van der Waals surface area (Å²) in [6.45, 7) is 6.54. The van der Waals surface area contributed by atoms with Gasteiger partial charge in [0.2, 0.25) is 0 Å². The fourth-order valence-electron chi connectivity index (χ4n) is 3.00. The number of hydrogen-bond acceptors (Lipinski definition) is 2. The lowest BCUT2D eigenvalue weighted by Gasteiger charge is -2.28. The SMILES string of the molecule is CC(C)Cc1cccc(C2(O)CCCN(C)CC2)c1. The summed E-state index contributed by atoms with van der Waals surface area (Å²) in [5.74, 6) is 0.658. The first kappa shape index (κ1) is 14.5. The number of rotatable bonds is 3. The molecule has 0 amide bonds. The molecule has 1 aromatic carbocycles. The lowest BCUT2D eigenvalue weighted by molar-refractivity contribution is 0.0217. The van der Waals surface area contributed by atoms with Crippen LogP contribution in [0.4, 0.5) is 0 Å². The van der Waals surface area contributed by atoms with E-state index >= 15 is 0 Å². The molecule has 0 bridgehead atoms. The van der Waals surface area contributed by atoms with Gasteiger partial charge >= 0.3 is 0 Å². The molecule has 1 fully saturated rings. The molecule has 1 heterocycles. The highest BCUT2D eigenvalue weighted by atomic mass is 16.3. The Labute approximate surface area is 117 Å². The lowest BCUT2D eigenvalue weighted by atomic mass is 9.85. The van der Waals surface area contributed by atoms with Gasteiger partial charge in [0.1, 0.15) is 0 Å². The second-order valence-electron chi connectivity index (χ2n) is 6.49. The molecule has 1 aliphatic rings. The zero-order chi connectivity index (χ0) is 13.9.